The van der Waals surface area contributed by atoms with Gasteiger partial charge in [-0.1, -0.05) is 48.5 Å². The zero-order chi connectivity index (χ0) is 24.1. The number of carboxylic acid groups (broad SMARTS) is 1. The number of carboxylic acids is 1. The van der Waals surface area contributed by atoms with E-state index < -0.39 is 30.1 Å². The van der Waals surface area contributed by atoms with Crippen molar-refractivity contribution in [2.24, 2.45) is 0 Å². The monoisotopic (exact) mass is 460 g/mol. The lowest BCUT2D eigenvalue weighted by atomic mass is 9.98. The number of likely N-dealkylation sites (tertiary alicyclic amines) is 1. The molecule has 1 saturated heterocycles. The molecule has 2 atom stereocenters. The summed E-state index contributed by atoms with van der Waals surface area (Å²) in [5, 5.41) is 12.2. The fourth-order valence-corrected chi connectivity index (χ4v) is 4.84. The molecule has 2 amide bonds. The van der Waals surface area contributed by atoms with Crippen LogP contribution in [-0.2, 0) is 14.3 Å². The Bertz CT molecular complexity index is 1100. The highest BCUT2D eigenvalue weighted by atomic mass is 16.5. The molecular formula is C27H28N2O5. The van der Waals surface area contributed by atoms with Crippen LogP contribution in [0.2, 0.25) is 0 Å². The molecule has 1 unspecified atom stereocenters. The van der Waals surface area contributed by atoms with Crippen LogP contribution in [0.25, 0.3) is 11.1 Å². The van der Waals surface area contributed by atoms with Crippen molar-refractivity contribution >= 4 is 18.0 Å². The van der Waals surface area contributed by atoms with Crippen LogP contribution < -0.4 is 5.32 Å². The molecule has 1 aliphatic carbocycles. The molecule has 34 heavy (non-hydrogen) atoms. The van der Waals surface area contributed by atoms with Gasteiger partial charge in [-0.15, -0.1) is 11.8 Å². The predicted octanol–water partition coefficient (Wildman–Crippen LogP) is 3.77. The van der Waals surface area contributed by atoms with Gasteiger partial charge in [-0.2, -0.15) is 0 Å². The molecule has 2 aromatic carbocycles. The Morgan fingerprint density at radius 1 is 1.09 bits per heavy atom. The first-order valence-electron chi connectivity index (χ1n) is 11.6. The second-order valence-corrected chi connectivity index (χ2v) is 8.53. The number of carbonyl (C=O) groups excluding carboxylic acids is 2. The number of amides is 2. The quantitative estimate of drug-likeness (QED) is 0.640. The molecule has 0 spiro atoms. The highest BCUT2D eigenvalue weighted by Gasteiger charge is 2.36. The number of nitrogens with zero attached hydrogens (tertiary/aromatic N) is 1. The SMILES string of the molecule is CC#CCC(NC(=O)OCC1c2ccccc2-c2ccccc21)C(=O)N1CCCC[C@@H]1C(=O)O. The van der Waals surface area contributed by atoms with Gasteiger partial charge in [0.25, 0.3) is 0 Å². The van der Waals surface area contributed by atoms with Crippen LogP contribution in [0.1, 0.15) is 49.7 Å². The van der Waals surface area contributed by atoms with Crippen LogP contribution in [0.4, 0.5) is 4.79 Å². The highest BCUT2D eigenvalue weighted by Crippen LogP contribution is 2.44. The summed E-state index contributed by atoms with van der Waals surface area (Å²) in [4.78, 5) is 38.9. The number of benzene rings is 2. The Kier molecular flexibility index (Phi) is 7.17. The Balaban J connectivity index is 1.45. The molecule has 1 heterocycles. The summed E-state index contributed by atoms with van der Waals surface area (Å²) in [5.41, 5.74) is 4.45. The Morgan fingerprint density at radius 2 is 1.74 bits per heavy atom. The number of hydrogen-bond acceptors (Lipinski definition) is 4. The van der Waals surface area contributed by atoms with E-state index in [1.165, 1.54) is 4.90 Å². The Labute approximate surface area is 199 Å². The van der Waals surface area contributed by atoms with Crippen LogP contribution in [0.5, 0.6) is 0 Å². The van der Waals surface area contributed by atoms with Gasteiger partial charge in [0.15, 0.2) is 0 Å². The summed E-state index contributed by atoms with van der Waals surface area (Å²) in [6.07, 6.45) is 1.25. The minimum Gasteiger partial charge on any atom is -0.480 e. The van der Waals surface area contributed by atoms with E-state index in [2.05, 4.69) is 29.3 Å². The number of ether oxygens (including phenoxy) is 1. The summed E-state index contributed by atoms with van der Waals surface area (Å²) in [5.74, 6) is 3.99. The minimum absolute atomic E-state index is 0.0857. The normalized spacial score (nSPS) is 17.6. The molecule has 2 aliphatic rings. The lowest BCUT2D eigenvalue weighted by Gasteiger charge is -2.35. The maximum atomic E-state index is 13.2. The third kappa shape index (κ3) is 4.76. The molecule has 0 aromatic heterocycles. The topological polar surface area (TPSA) is 95.9 Å². The van der Waals surface area contributed by atoms with Crippen molar-refractivity contribution in [2.75, 3.05) is 13.2 Å². The van der Waals surface area contributed by atoms with Crippen molar-refractivity contribution in [3.05, 3.63) is 59.7 Å². The van der Waals surface area contributed by atoms with Crippen molar-refractivity contribution in [1.82, 2.24) is 10.2 Å². The molecule has 4 rings (SSSR count). The average Bonchev–Trinajstić information content (AvgIpc) is 3.18. The molecule has 2 aromatic rings. The van der Waals surface area contributed by atoms with Gasteiger partial charge in [-0.05, 0) is 48.4 Å². The minimum atomic E-state index is -1.03. The number of fused-ring (bicyclic) bond motifs is 3. The van der Waals surface area contributed by atoms with E-state index in [1.807, 2.05) is 36.4 Å². The molecule has 0 radical (unpaired) electrons. The van der Waals surface area contributed by atoms with E-state index in [9.17, 15) is 19.5 Å². The second-order valence-electron chi connectivity index (χ2n) is 8.53. The van der Waals surface area contributed by atoms with E-state index in [1.54, 1.807) is 6.92 Å². The van der Waals surface area contributed by atoms with Gasteiger partial charge in [-0.25, -0.2) is 9.59 Å². The molecule has 0 saturated carbocycles. The van der Waals surface area contributed by atoms with Crippen LogP contribution in [-0.4, -0.2) is 53.2 Å². The third-order valence-electron chi connectivity index (χ3n) is 6.49. The van der Waals surface area contributed by atoms with Crippen molar-refractivity contribution in [3.8, 4) is 23.0 Å². The molecule has 2 N–H and O–H groups in total. The first kappa shape index (κ1) is 23.4. The van der Waals surface area contributed by atoms with Crippen LogP contribution in [0, 0.1) is 11.8 Å². The zero-order valence-corrected chi connectivity index (χ0v) is 19.1. The largest absolute Gasteiger partial charge is 0.480 e. The van der Waals surface area contributed by atoms with Crippen molar-refractivity contribution in [2.45, 2.75) is 50.6 Å². The van der Waals surface area contributed by atoms with Gasteiger partial charge < -0.3 is 20.1 Å². The smallest absolute Gasteiger partial charge is 0.407 e. The molecule has 176 valence electrons. The lowest BCUT2D eigenvalue weighted by molar-refractivity contribution is -0.152. The van der Waals surface area contributed by atoms with E-state index in [0.29, 0.717) is 13.0 Å². The fraction of sp³-hybridized carbons (Fsp3) is 0.370. The maximum absolute atomic E-state index is 13.2. The Morgan fingerprint density at radius 3 is 2.35 bits per heavy atom. The van der Waals surface area contributed by atoms with Gasteiger partial charge in [0.05, 0.1) is 0 Å². The van der Waals surface area contributed by atoms with Crippen molar-refractivity contribution in [1.29, 1.82) is 0 Å². The number of hydrogen-bond donors (Lipinski definition) is 2. The zero-order valence-electron chi connectivity index (χ0n) is 19.1. The van der Waals surface area contributed by atoms with Crippen LogP contribution >= 0.6 is 0 Å². The predicted molar refractivity (Wildman–Crippen MR) is 127 cm³/mol. The highest BCUT2D eigenvalue weighted by molar-refractivity contribution is 5.89. The third-order valence-corrected chi connectivity index (χ3v) is 6.49. The lowest BCUT2D eigenvalue weighted by Crippen LogP contribution is -2.55. The molecule has 1 aliphatic heterocycles. The van der Waals surface area contributed by atoms with E-state index in [-0.39, 0.29) is 18.9 Å². The number of aliphatic carboxylic acids is 1. The van der Waals surface area contributed by atoms with Crippen molar-refractivity contribution in [3.63, 3.8) is 0 Å². The van der Waals surface area contributed by atoms with Gasteiger partial charge in [0, 0.05) is 18.9 Å². The second kappa shape index (κ2) is 10.4. The first-order valence-corrected chi connectivity index (χ1v) is 11.6. The van der Waals surface area contributed by atoms with E-state index in [0.717, 1.165) is 35.1 Å². The number of piperidine rings is 1. The summed E-state index contributed by atoms with van der Waals surface area (Å²) < 4.78 is 5.58. The summed E-state index contributed by atoms with van der Waals surface area (Å²) in [6, 6.07) is 14.2. The van der Waals surface area contributed by atoms with Gasteiger partial charge in [0.2, 0.25) is 5.91 Å². The standard InChI is InChI=1S/C27H28N2O5/c1-2-3-14-23(25(30)29-16-9-8-15-24(29)26(31)32)28-27(33)34-17-22-20-12-6-4-10-18(20)19-11-5-7-13-21(19)22/h4-7,10-13,22-24H,8-9,14-17H2,1H3,(H,28,33)(H,31,32)/t23?,24-/m1/s1. The van der Waals surface area contributed by atoms with Crippen LogP contribution in [0.3, 0.4) is 0 Å². The number of alkyl carbamates (subject to hydrolysis) is 1. The molecule has 7 nitrogen and oxygen atoms in total. The summed E-state index contributed by atoms with van der Waals surface area (Å²) >= 11 is 0. The number of nitrogens with one attached hydrogen (secondary N) is 1. The van der Waals surface area contributed by atoms with Gasteiger partial charge >= 0.3 is 12.1 Å². The number of rotatable bonds is 6. The average molecular weight is 461 g/mol. The Hall–Kier alpha value is -3.79. The molecule has 7 heteroatoms. The van der Waals surface area contributed by atoms with E-state index in [4.69, 9.17) is 4.74 Å². The molecule has 1 fully saturated rings. The molecule has 0 bridgehead atoms. The van der Waals surface area contributed by atoms with Crippen molar-refractivity contribution < 1.29 is 24.2 Å². The summed E-state index contributed by atoms with van der Waals surface area (Å²) in [6.45, 7) is 2.12. The van der Waals surface area contributed by atoms with Crippen LogP contribution in [0.15, 0.2) is 48.5 Å². The molecular weight excluding hydrogens is 432 g/mol. The van der Waals surface area contributed by atoms with Gasteiger partial charge in [0.1, 0.15) is 18.7 Å². The summed E-state index contributed by atoms with van der Waals surface area (Å²) in [7, 11) is 0. The van der Waals surface area contributed by atoms with E-state index >= 15 is 0 Å². The van der Waals surface area contributed by atoms with Gasteiger partial charge in [-0.3, -0.25) is 4.79 Å². The maximum Gasteiger partial charge on any atom is 0.407 e. The number of carbonyl (C=O) groups is 3. The first-order chi connectivity index (χ1) is 16.5. The fourth-order valence-electron chi connectivity index (χ4n) is 4.84.